The minimum Gasteiger partial charge on any atom is -0.493 e. The van der Waals surface area contributed by atoms with Gasteiger partial charge in [-0.3, -0.25) is 9.69 Å². The number of rotatable bonds is 8. The summed E-state index contributed by atoms with van der Waals surface area (Å²) in [6.45, 7) is 4.46. The average molecular weight is 483 g/mol. The number of carbonyl (C=O) groups excluding carboxylic acids is 1. The zero-order valence-electron chi connectivity index (χ0n) is 20.3. The number of pyridine rings is 1. The lowest BCUT2D eigenvalue weighted by Gasteiger charge is -2.30. The Bertz CT molecular complexity index is 1260. The molecule has 8 nitrogen and oxygen atoms in total. The van der Waals surface area contributed by atoms with Gasteiger partial charge in [-0.05, 0) is 50.2 Å². The maximum absolute atomic E-state index is 14.2. The molecule has 1 saturated heterocycles. The molecule has 1 unspecified atom stereocenters. The lowest BCUT2D eigenvalue weighted by atomic mass is 10.1. The number of benzene rings is 2. The molecular formula is C26H31FN4O4. The Hall–Kier alpha value is -3.59. The summed E-state index contributed by atoms with van der Waals surface area (Å²) in [5, 5.41) is 3.42. The van der Waals surface area contributed by atoms with Crippen molar-refractivity contribution >= 4 is 22.6 Å². The van der Waals surface area contributed by atoms with Crippen molar-refractivity contribution in [2.75, 3.05) is 39.2 Å². The number of para-hydroxylation sites is 1. The van der Waals surface area contributed by atoms with Crippen molar-refractivity contribution in [1.29, 1.82) is 0 Å². The number of aromatic amines is 1. The Balaban J connectivity index is 1.66. The van der Waals surface area contributed by atoms with Crippen LogP contribution in [-0.2, 0) is 6.54 Å². The lowest BCUT2D eigenvalue weighted by molar-refractivity contribution is 0.174. The van der Waals surface area contributed by atoms with Gasteiger partial charge in [-0.2, -0.15) is 0 Å². The number of urea groups is 1. The molecule has 2 amide bonds. The first kappa shape index (κ1) is 24.5. The number of likely N-dealkylation sites (tertiary alicyclic amines) is 1. The van der Waals surface area contributed by atoms with Crippen LogP contribution in [0.2, 0.25) is 0 Å². The second-order valence-electron chi connectivity index (χ2n) is 8.63. The summed E-state index contributed by atoms with van der Waals surface area (Å²) in [5.74, 6) is 0.535. The van der Waals surface area contributed by atoms with Crippen molar-refractivity contribution in [1.82, 2.24) is 14.8 Å². The zero-order valence-corrected chi connectivity index (χ0v) is 20.3. The molecule has 0 aliphatic carbocycles. The van der Waals surface area contributed by atoms with Gasteiger partial charge in [-0.1, -0.05) is 19.1 Å². The van der Waals surface area contributed by atoms with E-state index in [-0.39, 0.29) is 23.8 Å². The molecule has 2 heterocycles. The van der Waals surface area contributed by atoms with E-state index in [4.69, 9.17) is 9.47 Å². The van der Waals surface area contributed by atoms with Gasteiger partial charge in [0.15, 0.2) is 11.5 Å². The number of H-pyrrole nitrogens is 1. The predicted molar refractivity (Wildman–Crippen MR) is 134 cm³/mol. The topological polar surface area (TPSA) is 86.9 Å². The normalized spacial score (nSPS) is 15.8. The number of carbonyl (C=O) groups is 1. The SMILES string of the molecule is CCN1CCCC1CN(Cc1cc2cc(OC)c(OC)cc2[nH]c1=O)C(=O)Nc1ccccc1F. The van der Waals surface area contributed by atoms with Crippen LogP contribution in [0, 0.1) is 5.82 Å². The molecule has 3 aromatic rings. The van der Waals surface area contributed by atoms with E-state index < -0.39 is 11.8 Å². The molecule has 0 spiro atoms. The fraction of sp³-hybridized carbons (Fsp3) is 0.385. The molecule has 186 valence electrons. The number of halogens is 1. The minimum atomic E-state index is -0.513. The van der Waals surface area contributed by atoms with Crippen molar-refractivity contribution in [3.05, 3.63) is 64.2 Å². The largest absolute Gasteiger partial charge is 0.493 e. The smallest absolute Gasteiger partial charge is 0.322 e. The number of nitrogens with zero attached hydrogens (tertiary/aromatic N) is 2. The summed E-state index contributed by atoms with van der Waals surface area (Å²) >= 11 is 0. The van der Waals surface area contributed by atoms with Crippen LogP contribution in [0.25, 0.3) is 10.9 Å². The van der Waals surface area contributed by atoms with Crippen molar-refractivity contribution in [2.24, 2.45) is 0 Å². The molecule has 1 atom stereocenters. The maximum Gasteiger partial charge on any atom is 0.322 e. The van der Waals surface area contributed by atoms with Gasteiger partial charge < -0.3 is 24.7 Å². The van der Waals surface area contributed by atoms with E-state index in [0.29, 0.717) is 29.1 Å². The first-order valence-corrected chi connectivity index (χ1v) is 11.8. The van der Waals surface area contributed by atoms with Crippen molar-refractivity contribution in [3.63, 3.8) is 0 Å². The van der Waals surface area contributed by atoms with Crippen LogP contribution in [0.3, 0.4) is 0 Å². The molecule has 1 aliphatic heterocycles. The van der Waals surface area contributed by atoms with E-state index in [9.17, 15) is 14.0 Å². The highest BCUT2D eigenvalue weighted by Gasteiger charge is 2.28. The van der Waals surface area contributed by atoms with Crippen molar-refractivity contribution in [3.8, 4) is 11.5 Å². The van der Waals surface area contributed by atoms with E-state index in [1.54, 1.807) is 42.3 Å². The number of ether oxygens (including phenoxy) is 2. The van der Waals surface area contributed by atoms with Crippen LogP contribution >= 0.6 is 0 Å². The number of nitrogens with one attached hydrogen (secondary N) is 2. The van der Waals surface area contributed by atoms with Crippen molar-refractivity contribution in [2.45, 2.75) is 32.4 Å². The van der Waals surface area contributed by atoms with Crippen LogP contribution in [0.5, 0.6) is 11.5 Å². The number of fused-ring (bicyclic) bond motifs is 1. The molecule has 9 heteroatoms. The number of aromatic nitrogens is 1. The van der Waals surface area contributed by atoms with Gasteiger partial charge in [0.05, 0.1) is 32.0 Å². The number of likely N-dealkylation sites (N-methyl/N-ethyl adjacent to an activating group) is 1. The second-order valence-corrected chi connectivity index (χ2v) is 8.63. The summed E-state index contributed by atoms with van der Waals surface area (Å²) in [5.41, 5.74) is 0.832. The van der Waals surface area contributed by atoms with E-state index >= 15 is 0 Å². The van der Waals surface area contributed by atoms with E-state index in [0.717, 1.165) is 31.3 Å². The molecule has 0 radical (unpaired) electrons. The third-order valence-electron chi connectivity index (χ3n) is 6.53. The van der Waals surface area contributed by atoms with Gasteiger partial charge in [-0.15, -0.1) is 0 Å². The van der Waals surface area contributed by atoms with E-state index in [1.807, 2.05) is 0 Å². The molecule has 0 bridgehead atoms. The average Bonchev–Trinajstić information content (AvgIpc) is 3.31. The number of hydrogen-bond donors (Lipinski definition) is 2. The van der Waals surface area contributed by atoms with Crippen LogP contribution in [0.4, 0.5) is 14.9 Å². The Kier molecular flexibility index (Phi) is 7.55. The molecule has 0 saturated carbocycles. The monoisotopic (exact) mass is 482 g/mol. The number of hydrogen-bond acceptors (Lipinski definition) is 5. The predicted octanol–water partition coefficient (Wildman–Crippen LogP) is 4.20. The molecule has 35 heavy (non-hydrogen) atoms. The highest BCUT2D eigenvalue weighted by molar-refractivity contribution is 5.89. The van der Waals surface area contributed by atoms with Gasteiger partial charge in [0.2, 0.25) is 0 Å². The summed E-state index contributed by atoms with van der Waals surface area (Å²) in [6, 6.07) is 11.0. The summed E-state index contributed by atoms with van der Waals surface area (Å²) in [4.78, 5) is 33.0. The molecule has 1 fully saturated rings. The van der Waals surface area contributed by atoms with Crippen molar-refractivity contribution < 1.29 is 18.7 Å². The Morgan fingerprint density at radius 3 is 2.66 bits per heavy atom. The number of methoxy groups -OCH3 is 2. The van der Waals surface area contributed by atoms with Gasteiger partial charge in [-0.25, -0.2) is 9.18 Å². The lowest BCUT2D eigenvalue weighted by Crippen LogP contribution is -2.45. The summed E-state index contributed by atoms with van der Waals surface area (Å²) in [7, 11) is 3.08. The number of anilines is 1. The van der Waals surface area contributed by atoms with Gasteiger partial charge >= 0.3 is 6.03 Å². The molecule has 2 N–H and O–H groups in total. The zero-order chi connectivity index (χ0) is 24.9. The molecule has 4 rings (SSSR count). The van der Waals surface area contributed by atoms with Gasteiger partial charge in [0, 0.05) is 29.6 Å². The minimum absolute atomic E-state index is 0.0773. The molecule has 1 aromatic heterocycles. The summed E-state index contributed by atoms with van der Waals surface area (Å²) < 4.78 is 24.9. The molecule has 2 aromatic carbocycles. The van der Waals surface area contributed by atoms with Crippen LogP contribution in [0.15, 0.2) is 47.3 Å². The highest BCUT2D eigenvalue weighted by Crippen LogP contribution is 2.31. The van der Waals surface area contributed by atoms with Crippen LogP contribution in [-0.4, -0.2) is 60.7 Å². The van der Waals surface area contributed by atoms with Crippen LogP contribution < -0.4 is 20.3 Å². The second kappa shape index (κ2) is 10.8. The first-order valence-electron chi connectivity index (χ1n) is 11.8. The standard InChI is InChI=1S/C26H31FN4O4/c1-4-30-11-7-8-19(30)16-31(26(33)29-21-10-6-5-9-20(21)27)15-18-12-17-13-23(34-2)24(35-3)14-22(17)28-25(18)32/h5-6,9-10,12-14,19H,4,7-8,11,15-16H2,1-3H3,(H,28,32)(H,29,33). The first-order chi connectivity index (χ1) is 16.9. The fourth-order valence-electron chi connectivity index (χ4n) is 4.65. The third-order valence-corrected chi connectivity index (χ3v) is 6.53. The van der Waals surface area contributed by atoms with Crippen LogP contribution in [0.1, 0.15) is 25.3 Å². The third kappa shape index (κ3) is 5.40. The quantitative estimate of drug-likeness (QED) is 0.503. The molecular weight excluding hydrogens is 451 g/mol. The fourth-order valence-corrected chi connectivity index (χ4v) is 4.65. The Morgan fingerprint density at radius 1 is 1.20 bits per heavy atom. The van der Waals surface area contributed by atoms with E-state index in [1.165, 1.54) is 19.2 Å². The summed E-state index contributed by atoms with van der Waals surface area (Å²) in [6.07, 6.45) is 2.02. The Morgan fingerprint density at radius 2 is 1.94 bits per heavy atom. The Labute approximate surface area is 203 Å². The van der Waals surface area contributed by atoms with Gasteiger partial charge in [0.25, 0.3) is 5.56 Å². The maximum atomic E-state index is 14.2. The molecule has 1 aliphatic rings. The number of amides is 2. The van der Waals surface area contributed by atoms with E-state index in [2.05, 4.69) is 22.1 Å². The van der Waals surface area contributed by atoms with Gasteiger partial charge in [0.1, 0.15) is 5.82 Å². The highest BCUT2D eigenvalue weighted by atomic mass is 19.1.